The summed E-state index contributed by atoms with van der Waals surface area (Å²) in [5, 5.41) is 9.66. The van der Waals surface area contributed by atoms with Crippen LogP contribution in [-0.2, 0) is 4.89 Å². The number of allylic oxidation sites excluding steroid dienone is 1. The lowest BCUT2D eigenvalue weighted by molar-refractivity contribution is -0.290. The molecule has 0 saturated heterocycles. The zero-order valence-electron chi connectivity index (χ0n) is 8.67. The van der Waals surface area contributed by atoms with E-state index < -0.39 is 6.29 Å². The van der Waals surface area contributed by atoms with Crippen LogP contribution >= 0.6 is 0 Å². The number of benzene rings is 1. The lowest BCUT2D eigenvalue weighted by Gasteiger charge is -2.09. The SMILES string of the molecule is NC=CCC1=Cc2ccccc2OOC1O. The van der Waals surface area contributed by atoms with E-state index in [1.54, 1.807) is 12.1 Å². The second-order valence-corrected chi connectivity index (χ2v) is 3.42. The van der Waals surface area contributed by atoms with Crippen molar-refractivity contribution in [2.75, 3.05) is 0 Å². The molecule has 0 fully saturated rings. The maximum atomic E-state index is 9.66. The molecule has 1 heterocycles. The summed E-state index contributed by atoms with van der Waals surface area (Å²) in [5.41, 5.74) is 6.84. The standard InChI is InChI=1S/C12H13NO3/c13-7-3-5-10-8-9-4-1-2-6-11(9)15-16-12(10)14/h1-4,6-8,12,14H,5,13H2. The molecule has 0 aliphatic carbocycles. The summed E-state index contributed by atoms with van der Waals surface area (Å²) in [6.45, 7) is 0. The van der Waals surface area contributed by atoms with Gasteiger partial charge in [0.2, 0.25) is 6.29 Å². The predicted molar refractivity (Wildman–Crippen MR) is 60.1 cm³/mol. The molecule has 1 aliphatic heterocycles. The number of nitrogens with two attached hydrogens (primary N) is 1. The van der Waals surface area contributed by atoms with Gasteiger partial charge in [0.25, 0.3) is 0 Å². The number of aliphatic hydroxyl groups is 1. The highest BCUT2D eigenvalue weighted by atomic mass is 17.2. The van der Waals surface area contributed by atoms with Gasteiger partial charge >= 0.3 is 0 Å². The molecule has 4 heteroatoms. The molecule has 0 spiro atoms. The smallest absolute Gasteiger partial charge is 0.223 e. The normalized spacial score (nSPS) is 19.8. The average Bonchev–Trinajstić information content (AvgIpc) is 2.47. The van der Waals surface area contributed by atoms with E-state index in [2.05, 4.69) is 0 Å². The predicted octanol–water partition coefficient (Wildman–Crippen LogP) is 1.57. The Labute approximate surface area is 93.5 Å². The molecule has 0 radical (unpaired) electrons. The first-order valence-electron chi connectivity index (χ1n) is 4.99. The lowest BCUT2D eigenvalue weighted by atomic mass is 10.1. The van der Waals surface area contributed by atoms with E-state index in [1.807, 2.05) is 24.3 Å². The average molecular weight is 219 g/mol. The van der Waals surface area contributed by atoms with Gasteiger partial charge in [-0.25, -0.2) is 0 Å². The highest BCUT2D eigenvalue weighted by Crippen LogP contribution is 2.27. The number of para-hydroxylation sites is 1. The summed E-state index contributed by atoms with van der Waals surface area (Å²) in [7, 11) is 0. The lowest BCUT2D eigenvalue weighted by Crippen LogP contribution is -2.15. The molecule has 3 N–H and O–H groups in total. The van der Waals surface area contributed by atoms with E-state index in [4.69, 9.17) is 15.5 Å². The van der Waals surface area contributed by atoms with Crippen molar-refractivity contribution in [2.24, 2.45) is 5.73 Å². The van der Waals surface area contributed by atoms with Crippen LogP contribution in [0.25, 0.3) is 6.08 Å². The molecule has 0 bridgehead atoms. The molecular weight excluding hydrogens is 206 g/mol. The Morgan fingerprint density at radius 1 is 1.38 bits per heavy atom. The molecule has 1 atom stereocenters. The summed E-state index contributed by atoms with van der Waals surface area (Å²) < 4.78 is 0. The van der Waals surface area contributed by atoms with Crippen LogP contribution in [0.4, 0.5) is 0 Å². The number of fused-ring (bicyclic) bond motifs is 1. The van der Waals surface area contributed by atoms with Gasteiger partial charge in [-0.15, -0.1) is 0 Å². The van der Waals surface area contributed by atoms with Gasteiger partial charge in [-0.1, -0.05) is 24.3 Å². The molecule has 0 amide bonds. The Morgan fingerprint density at radius 2 is 2.19 bits per heavy atom. The summed E-state index contributed by atoms with van der Waals surface area (Å²) in [6.07, 6.45) is 4.48. The summed E-state index contributed by atoms with van der Waals surface area (Å²) in [4.78, 5) is 9.87. The van der Waals surface area contributed by atoms with E-state index in [0.717, 1.165) is 5.56 Å². The molecule has 4 nitrogen and oxygen atoms in total. The van der Waals surface area contributed by atoms with Crippen molar-refractivity contribution in [3.8, 4) is 5.75 Å². The third kappa shape index (κ3) is 2.24. The first kappa shape index (κ1) is 10.7. The van der Waals surface area contributed by atoms with Crippen LogP contribution in [0.15, 0.2) is 42.1 Å². The third-order valence-corrected chi connectivity index (χ3v) is 2.30. The molecule has 16 heavy (non-hydrogen) atoms. The highest BCUT2D eigenvalue weighted by Gasteiger charge is 2.17. The largest absolute Gasteiger partial charge is 0.405 e. The first-order valence-corrected chi connectivity index (χ1v) is 4.99. The molecule has 0 aromatic heterocycles. The molecule has 1 aliphatic rings. The van der Waals surface area contributed by atoms with Gasteiger partial charge < -0.3 is 15.7 Å². The van der Waals surface area contributed by atoms with Gasteiger partial charge in [0, 0.05) is 5.56 Å². The van der Waals surface area contributed by atoms with Crippen molar-refractivity contribution in [3.05, 3.63) is 47.7 Å². The Kier molecular flexibility index (Phi) is 3.24. The highest BCUT2D eigenvalue weighted by molar-refractivity contribution is 5.60. The van der Waals surface area contributed by atoms with E-state index in [1.165, 1.54) is 6.20 Å². The zero-order chi connectivity index (χ0) is 11.4. The van der Waals surface area contributed by atoms with Crippen LogP contribution < -0.4 is 10.6 Å². The molecule has 1 aromatic carbocycles. The third-order valence-electron chi connectivity index (χ3n) is 2.30. The summed E-state index contributed by atoms with van der Waals surface area (Å²) in [6, 6.07) is 7.41. The van der Waals surface area contributed by atoms with Crippen molar-refractivity contribution >= 4 is 6.08 Å². The molecule has 2 rings (SSSR count). The Hall–Kier alpha value is -1.78. The van der Waals surface area contributed by atoms with E-state index in [9.17, 15) is 5.11 Å². The van der Waals surface area contributed by atoms with Gasteiger partial charge in [0.1, 0.15) is 0 Å². The molecule has 0 saturated carbocycles. The second kappa shape index (κ2) is 4.83. The Balaban J connectivity index is 2.32. The topological polar surface area (TPSA) is 64.7 Å². The number of aliphatic hydroxyl groups excluding tert-OH is 1. The van der Waals surface area contributed by atoms with E-state index >= 15 is 0 Å². The van der Waals surface area contributed by atoms with Gasteiger partial charge in [-0.05, 0) is 30.3 Å². The van der Waals surface area contributed by atoms with Gasteiger partial charge in [0.15, 0.2) is 5.75 Å². The quantitative estimate of drug-likeness (QED) is 0.741. The number of rotatable bonds is 2. The minimum Gasteiger partial charge on any atom is -0.405 e. The van der Waals surface area contributed by atoms with Crippen molar-refractivity contribution in [1.82, 2.24) is 0 Å². The number of hydrogen-bond donors (Lipinski definition) is 2. The van der Waals surface area contributed by atoms with Crippen LogP contribution in [0, 0.1) is 0 Å². The van der Waals surface area contributed by atoms with Gasteiger partial charge in [-0.3, -0.25) is 0 Å². The van der Waals surface area contributed by atoms with Gasteiger partial charge in [0.05, 0.1) is 0 Å². The fraction of sp³-hybridized carbons (Fsp3) is 0.167. The number of hydrogen-bond acceptors (Lipinski definition) is 4. The monoisotopic (exact) mass is 219 g/mol. The van der Waals surface area contributed by atoms with E-state index in [-0.39, 0.29) is 0 Å². The zero-order valence-corrected chi connectivity index (χ0v) is 8.67. The second-order valence-electron chi connectivity index (χ2n) is 3.42. The van der Waals surface area contributed by atoms with Gasteiger partial charge in [-0.2, -0.15) is 4.89 Å². The van der Waals surface area contributed by atoms with Crippen molar-refractivity contribution in [1.29, 1.82) is 0 Å². The van der Waals surface area contributed by atoms with Crippen LogP contribution in [0.3, 0.4) is 0 Å². The molecule has 1 aromatic rings. The van der Waals surface area contributed by atoms with Crippen LogP contribution in [-0.4, -0.2) is 11.4 Å². The fourth-order valence-corrected chi connectivity index (χ4v) is 1.47. The van der Waals surface area contributed by atoms with Crippen molar-refractivity contribution in [2.45, 2.75) is 12.7 Å². The summed E-state index contributed by atoms with van der Waals surface area (Å²) in [5.74, 6) is 0.591. The maximum absolute atomic E-state index is 9.66. The van der Waals surface area contributed by atoms with Crippen LogP contribution in [0.5, 0.6) is 5.75 Å². The van der Waals surface area contributed by atoms with Crippen molar-refractivity contribution < 1.29 is 14.9 Å². The first-order chi connectivity index (χ1) is 7.81. The Morgan fingerprint density at radius 3 is 3.00 bits per heavy atom. The minimum absolute atomic E-state index is 0.523. The minimum atomic E-state index is -1.07. The molecule has 84 valence electrons. The van der Waals surface area contributed by atoms with Crippen LogP contribution in [0.1, 0.15) is 12.0 Å². The van der Waals surface area contributed by atoms with E-state index in [0.29, 0.717) is 17.7 Å². The molecular formula is C12H13NO3. The maximum Gasteiger partial charge on any atom is 0.223 e. The Bertz CT molecular complexity index is 426. The summed E-state index contributed by atoms with van der Waals surface area (Å²) >= 11 is 0. The molecule has 1 unspecified atom stereocenters. The van der Waals surface area contributed by atoms with Crippen molar-refractivity contribution in [3.63, 3.8) is 0 Å². The fourth-order valence-electron chi connectivity index (χ4n) is 1.47. The van der Waals surface area contributed by atoms with Crippen LogP contribution in [0.2, 0.25) is 0 Å².